The zero-order valence-electron chi connectivity index (χ0n) is 22.5. The first-order valence-electron chi connectivity index (χ1n) is 13.0. The number of carbonyl (C=O) groups is 4. The lowest BCUT2D eigenvalue weighted by Gasteiger charge is -2.38. The molecule has 0 saturated carbocycles. The monoisotopic (exact) mass is 565 g/mol. The van der Waals surface area contributed by atoms with E-state index in [2.05, 4.69) is 0 Å². The van der Waals surface area contributed by atoms with Crippen LogP contribution >= 0.6 is 0 Å². The number of cyclic esters (lactones) is 1. The molecule has 41 heavy (non-hydrogen) atoms. The molecule has 0 radical (unpaired) electrons. The van der Waals surface area contributed by atoms with Gasteiger partial charge in [-0.3, -0.25) is 24.1 Å². The van der Waals surface area contributed by atoms with Gasteiger partial charge in [0.25, 0.3) is 11.8 Å². The molecule has 1 aliphatic carbocycles. The van der Waals surface area contributed by atoms with Crippen molar-refractivity contribution in [2.75, 3.05) is 41.3 Å². The Morgan fingerprint density at radius 2 is 1.51 bits per heavy atom. The van der Waals surface area contributed by atoms with E-state index in [1.165, 1.54) is 21.3 Å². The molecule has 12 nitrogen and oxygen atoms in total. The number of carbonyl (C=O) groups excluding carboxylic acids is 4. The molecule has 3 aliphatic heterocycles. The Bertz CT molecular complexity index is 1440. The number of esters is 2. The van der Waals surface area contributed by atoms with Crippen LogP contribution in [0, 0.1) is 11.8 Å². The van der Waals surface area contributed by atoms with Crippen molar-refractivity contribution in [1.82, 2.24) is 4.90 Å². The highest BCUT2D eigenvalue weighted by Gasteiger charge is 2.54. The van der Waals surface area contributed by atoms with Crippen LogP contribution in [0.1, 0.15) is 35.1 Å². The van der Waals surface area contributed by atoms with Crippen molar-refractivity contribution in [3.63, 3.8) is 0 Å². The molecule has 4 aliphatic rings. The second kappa shape index (κ2) is 10.3. The van der Waals surface area contributed by atoms with Crippen LogP contribution in [0.4, 0.5) is 0 Å². The van der Waals surface area contributed by atoms with Crippen molar-refractivity contribution < 1.29 is 52.3 Å². The van der Waals surface area contributed by atoms with Gasteiger partial charge in [-0.15, -0.1) is 0 Å². The van der Waals surface area contributed by atoms with Crippen LogP contribution in [0.15, 0.2) is 36.4 Å². The Labute approximate surface area is 234 Å². The Morgan fingerprint density at radius 1 is 0.878 bits per heavy atom. The van der Waals surface area contributed by atoms with E-state index >= 15 is 0 Å². The fourth-order valence-electron chi connectivity index (χ4n) is 6.00. The number of methoxy groups -OCH3 is 3. The molecule has 2 unspecified atom stereocenters. The van der Waals surface area contributed by atoms with E-state index in [-0.39, 0.29) is 26.4 Å². The summed E-state index contributed by atoms with van der Waals surface area (Å²) >= 11 is 0. The number of ether oxygens (including phenoxy) is 7. The van der Waals surface area contributed by atoms with Crippen LogP contribution in [0.5, 0.6) is 28.7 Å². The lowest BCUT2D eigenvalue weighted by molar-refractivity contribution is -0.155. The van der Waals surface area contributed by atoms with Gasteiger partial charge < -0.3 is 33.2 Å². The zero-order valence-corrected chi connectivity index (χ0v) is 22.5. The second-order valence-corrected chi connectivity index (χ2v) is 9.91. The molecule has 1 fully saturated rings. The molecule has 1 saturated heterocycles. The molecule has 2 aromatic carbocycles. The third-order valence-corrected chi connectivity index (χ3v) is 7.86. The fraction of sp³-hybridized carbons (Fsp3) is 0.379. The first-order valence-corrected chi connectivity index (χ1v) is 13.0. The summed E-state index contributed by atoms with van der Waals surface area (Å²) in [4.78, 5) is 51.1. The molecule has 3 heterocycles. The van der Waals surface area contributed by atoms with Crippen molar-refractivity contribution in [2.24, 2.45) is 11.8 Å². The van der Waals surface area contributed by atoms with Gasteiger partial charge in [-0.25, -0.2) is 0 Å². The molecular formula is C29H27NO11. The number of hydrogen-bond donors (Lipinski definition) is 0. The van der Waals surface area contributed by atoms with E-state index in [9.17, 15) is 19.2 Å². The third kappa shape index (κ3) is 4.39. The number of imide groups is 1. The van der Waals surface area contributed by atoms with Gasteiger partial charge in [0.05, 0.1) is 40.3 Å². The van der Waals surface area contributed by atoms with Gasteiger partial charge in [-0.2, -0.15) is 0 Å². The summed E-state index contributed by atoms with van der Waals surface area (Å²) in [6.07, 6.45) is 1.24. The van der Waals surface area contributed by atoms with Crippen LogP contribution in [-0.4, -0.2) is 69.9 Å². The molecule has 2 aromatic rings. The molecule has 4 atom stereocenters. The van der Waals surface area contributed by atoms with E-state index in [0.29, 0.717) is 45.4 Å². The first-order chi connectivity index (χ1) is 19.8. The summed E-state index contributed by atoms with van der Waals surface area (Å²) in [5, 5.41) is 0. The Kier molecular flexibility index (Phi) is 6.68. The molecule has 214 valence electrons. The van der Waals surface area contributed by atoms with E-state index < -0.39 is 47.6 Å². The molecule has 0 bridgehead atoms. The second-order valence-electron chi connectivity index (χ2n) is 9.91. The molecular weight excluding hydrogens is 538 g/mol. The van der Waals surface area contributed by atoms with Crippen molar-refractivity contribution in [2.45, 2.75) is 18.4 Å². The lowest BCUT2D eigenvalue weighted by Crippen LogP contribution is -2.37. The summed E-state index contributed by atoms with van der Waals surface area (Å²) in [6.45, 7) is -0.0660. The number of amides is 2. The molecule has 0 N–H and O–H groups in total. The van der Waals surface area contributed by atoms with Crippen LogP contribution in [0.25, 0.3) is 0 Å². The van der Waals surface area contributed by atoms with Gasteiger partial charge in [-0.1, -0.05) is 0 Å². The predicted molar refractivity (Wildman–Crippen MR) is 138 cm³/mol. The van der Waals surface area contributed by atoms with E-state index in [4.69, 9.17) is 33.2 Å². The van der Waals surface area contributed by atoms with Crippen LogP contribution < -0.4 is 23.7 Å². The highest BCUT2D eigenvalue weighted by atomic mass is 16.7. The molecule has 2 amide bonds. The average molecular weight is 566 g/mol. The van der Waals surface area contributed by atoms with Crippen molar-refractivity contribution in [3.8, 4) is 28.7 Å². The maximum atomic E-state index is 13.3. The minimum absolute atomic E-state index is 0.0261. The number of hydrogen-bond acceptors (Lipinski definition) is 11. The lowest BCUT2D eigenvalue weighted by atomic mass is 9.66. The minimum Gasteiger partial charge on any atom is -0.493 e. The van der Waals surface area contributed by atoms with Crippen LogP contribution in [0.3, 0.4) is 0 Å². The number of benzene rings is 2. The third-order valence-electron chi connectivity index (χ3n) is 7.86. The highest BCUT2D eigenvalue weighted by Crippen LogP contribution is 2.56. The Balaban J connectivity index is 1.41. The maximum Gasteiger partial charge on any atom is 0.310 e. The molecule has 12 heteroatoms. The summed E-state index contributed by atoms with van der Waals surface area (Å²) in [5.41, 5.74) is 2.03. The van der Waals surface area contributed by atoms with Gasteiger partial charge in [0, 0.05) is 36.1 Å². The van der Waals surface area contributed by atoms with Gasteiger partial charge in [0.1, 0.15) is 6.10 Å². The molecule has 0 spiro atoms. The van der Waals surface area contributed by atoms with E-state index in [1.807, 2.05) is 0 Å². The topological polar surface area (TPSA) is 136 Å². The van der Waals surface area contributed by atoms with Crippen molar-refractivity contribution >= 4 is 23.8 Å². The molecule has 6 rings (SSSR count). The van der Waals surface area contributed by atoms with E-state index in [1.54, 1.807) is 24.3 Å². The summed E-state index contributed by atoms with van der Waals surface area (Å²) < 4.78 is 39.4. The largest absolute Gasteiger partial charge is 0.493 e. The maximum absolute atomic E-state index is 13.3. The number of fused-ring (bicyclic) bond motifs is 3. The quantitative estimate of drug-likeness (QED) is 0.344. The smallest absolute Gasteiger partial charge is 0.310 e. The SMILES string of the molecule is COc1cc(C2c3cc4c(cc3[C@H](OC(=O)CCN3C(=O)C=CC3=O)[C@H]3COC(=O)C23)OCO4)cc(OC)c1OC. The van der Waals surface area contributed by atoms with Crippen molar-refractivity contribution in [3.05, 3.63) is 53.1 Å². The van der Waals surface area contributed by atoms with Crippen LogP contribution in [0.2, 0.25) is 0 Å². The van der Waals surface area contributed by atoms with Gasteiger partial charge in [0.15, 0.2) is 23.0 Å². The summed E-state index contributed by atoms with van der Waals surface area (Å²) in [5.74, 6) is -1.59. The standard InChI is InChI=1S/C29H27NO11/c1-35-20-8-14(9-21(36-2)28(20)37-3)25-15-10-18-19(40-13-39-18)11-16(15)27(17-12-38-29(34)26(17)25)41-24(33)6-7-30-22(31)4-5-23(30)32/h4-5,8-11,17,25-27H,6-7,12-13H2,1-3H3/t17-,25?,26?,27-/m0/s1. The fourth-order valence-corrected chi connectivity index (χ4v) is 6.00. The number of rotatable bonds is 8. The van der Waals surface area contributed by atoms with Gasteiger partial charge in [-0.05, 0) is 35.4 Å². The zero-order chi connectivity index (χ0) is 28.8. The van der Waals surface area contributed by atoms with Crippen LogP contribution in [-0.2, 0) is 28.7 Å². The minimum atomic E-state index is -0.857. The first kappa shape index (κ1) is 26.5. The van der Waals surface area contributed by atoms with E-state index in [0.717, 1.165) is 17.1 Å². The molecule has 0 aromatic heterocycles. The number of nitrogens with zero attached hydrogens (tertiary/aromatic N) is 1. The highest BCUT2D eigenvalue weighted by molar-refractivity contribution is 6.13. The van der Waals surface area contributed by atoms with Gasteiger partial charge >= 0.3 is 11.9 Å². The normalized spacial score (nSPS) is 23.7. The van der Waals surface area contributed by atoms with Gasteiger partial charge in [0.2, 0.25) is 12.5 Å². The average Bonchev–Trinajstić information content (AvgIpc) is 3.68. The summed E-state index contributed by atoms with van der Waals surface area (Å²) in [6, 6.07) is 7.12. The summed E-state index contributed by atoms with van der Waals surface area (Å²) in [7, 11) is 4.52. The van der Waals surface area contributed by atoms with Crippen molar-refractivity contribution in [1.29, 1.82) is 0 Å². The Morgan fingerprint density at radius 3 is 2.12 bits per heavy atom. The predicted octanol–water partition coefficient (Wildman–Crippen LogP) is 2.28. The Hall–Kier alpha value is -4.74.